The van der Waals surface area contributed by atoms with Gasteiger partial charge in [-0.25, -0.2) is 4.57 Å². The van der Waals surface area contributed by atoms with Crippen LogP contribution in [0.4, 0.5) is 0 Å². The summed E-state index contributed by atoms with van der Waals surface area (Å²) in [6, 6.07) is 14.2. The van der Waals surface area contributed by atoms with Gasteiger partial charge in [0, 0.05) is 16.8 Å². The average molecular weight is 436 g/mol. The van der Waals surface area contributed by atoms with Gasteiger partial charge >= 0.3 is 0 Å². The molecule has 0 aliphatic heterocycles. The van der Waals surface area contributed by atoms with Crippen LogP contribution >= 0.6 is 0 Å². The van der Waals surface area contributed by atoms with E-state index in [1.807, 2.05) is 0 Å². The normalized spacial score (nSPS) is 13.0. The molecule has 160 valence electrons. The minimum absolute atomic E-state index is 1.33. The summed E-state index contributed by atoms with van der Waals surface area (Å²) in [5.41, 5.74) is 10.9. The zero-order valence-electron chi connectivity index (χ0n) is 20.4. The van der Waals surface area contributed by atoms with Crippen LogP contribution in [0.1, 0.15) is 22.3 Å². The monoisotopic (exact) mass is 435 g/mol. The Kier molecular flexibility index (Phi) is 3.77. The van der Waals surface area contributed by atoms with Crippen molar-refractivity contribution in [2.45, 2.75) is 47.3 Å². The zero-order chi connectivity index (χ0) is 22.7. The molecule has 0 saturated heterocycles. The topological polar surface area (TPSA) is 8.29 Å². The van der Waals surface area contributed by atoms with E-state index in [4.69, 9.17) is 0 Å². The van der Waals surface area contributed by atoms with E-state index in [0.29, 0.717) is 0 Å². The van der Waals surface area contributed by atoms with Gasteiger partial charge in [-0.05, 0) is 67.1 Å². The molecule has 32 heavy (non-hydrogen) atoms. The van der Waals surface area contributed by atoms with Gasteiger partial charge < -0.3 is 4.40 Å². The van der Waals surface area contributed by atoms with Crippen molar-refractivity contribution >= 4 is 62.3 Å². The van der Waals surface area contributed by atoms with Crippen LogP contribution in [-0.4, -0.2) is 12.5 Å². The maximum absolute atomic E-state index is 2.60. The van der Waals surface area contributed by atoms with Crippen molar-refractivity contribution < 1.29 is 4.57 Å². The molecule has 0 atom stereocenters. The summed E-state index contributed by atoms with van der Waals surface area (Å²) in [5.74, 6) is 0. The van der Waals surface area contributed by atoms with Gasteiger partial charge in [-0.15, -0.1) is 0 Å². The maximum atomic E-state index is 2.60. The quantitative estimate of drug-likeness (QED) is 0.119. The van der Waals surface area contributed by atoms with Crippen LogP contribution in [-0.2, 0) is 7.05 Å². The highest BCUT2D eigenvalue weighted by atomic mass is 28.3. The van der Waals surface area contributed by atoms with Crippen molar-refractivity contribution in [3.8, 4) is 0 Å². The number of aryl methyl sites for hydroxylation is 5. The summed E-state index contributed by atoms with van der Waals surface area (Å²) >= 11 is 0. The molecule has 3 aromatic heterocycles. The molecule has 0 aliphatic rings. The van der Waals surface area contributed by atoms with Crippen molar-refractivity contribution in [1.82, 2.24) is 4.40 Å². The number of aromatic nitrogens is 2. The summed E-state index contributed by atoms with van der Waals surface area (Å²) in [5, 5.41) is 8.62. The Morgan fingerprint density at radius 1 is 0.781 bits per heavy atom. The van der Waals surface area contributed by atoms with Gasteiger partial charge in [0.2, 0.25) is 5.52 Å². The number of hydrogen-bond donors (Lipinski definition) is 0. The second-order valence-electron chi connectivity index (χ2n) is 10.9. The van der Waals surface area contributed by atoms with Crippen molar-refractivity contribution in [2.24, 2.45) is 7.05 Å². The lowest BCUT2D eigenvalue weighted by molar-refractivity contribution is -0.643. The summed E-state index contributed by atoms with van der Waals surface area (Å²) < 4.78 is 4.94. The molecular weight excluding hydrogens is 404 g/mol. The predicted molar refractivity (Wildman–Crippen MR) is 142 cm³/mol. The zero-order valence-corrected chi connectivity index (χ0v) is 21.4. The Hall–Kier alpha value is -2.91. The molecule has 0 unspecified atom stereocenters. The largest absolute Gasteiger partial charge is 0.307 e. The van der Waals surface area contributed by atoms with Crippen LogP contribution in [0.15, 0.2) is 42.6 Å². The number of fused-ring (bicyclic) bond motifs is 6. The standard InChI is InChI=1S/C29H31N2Si/c1-16-9-10-22-21(13-16)26-23(32(6,7)8)15-20-11-12-30(5)28-24-19(4)17(2)14-18(3)27(24)31(22)29(26)25(20)28/h9-15H,1-8H3/q+1. The van der Waals surface area contributed by atoms with Crippen LogP contribution in [0.25, 0.3) is 49.0 Å². The van der Waals surface area contributed by atoms with Crippen LogP contribution in [0, 0.1) is 27.7 Å². The Morgan fingerprint density at radius 3 is 2.25 bits per heavy atom. The first-order valence-electron chi connectivity index (χ1n) is 11.6. The maximum Gasteiger partial charge on any atom is 0.224 e. The van der Waals surface area contributed by atoms with Gasteiger partial charge in [0.25, 0.3) is 0 Å². The molecule has 0 saturated carbocycles. The highest BCUT2D eigenvalue weighted by Gasteiger charge is 2.30. The van der Waals surface area contributed by atoms with Gasteiger partial charge in [0.05, 0.1) is 35.4 Å². The van der Waals surface area contributed by atoms with E-state index >= 15 is 0 Å². The van der Waals surface area contributed by atoms with E-state index < -0.39 is 8.07 Å². The summed E-state index contributed by atoms with van der Waals surface area (Å²) in [7, 11) is 0.616. The van der Waals surface area contributed by atoms with Crippen molar-refractivity contribution in [1.29, 1.82) is 0 Å². The fourth-order valence-corrected chi connectivity index (χ4v) is 7.54. The van der Waals surface area contributed by atoms with Gasteiger partial charge in [-0.1, -0.05) is 43.4 Å². The second-order valence-corrected chi connectivity index (χ2v) is 15.9. The summed E-state index contributed by atoms with van der Waals surface area (Å²) in [6.07, 6.45) is 2.25. The van der Waals surface area contributed by atoms with Crippen LogP contribution in [0.5, 0.6) is 0 Å². The number of nitrogens with zero attached hydrogens (tertiary/aromatic N) is 2. The number of rotatable bonds is 1. The molecular formula is C29H31N2Si+. The van der Waals surface area contributed by atoms with Gasteiger partial charge in [-0.2, -0.15) is 0 Å². The molecule has 0 aliphatic carbocycles. The lowest BCUT2D eigenvalue weighted by Gasteiger charge is -2.21. The SMILES string of the molecule is Cc1ccc2c(c1)c1c([Si](C)(C)C)cc3cc[n+](C)c4c5c(C)c(C)cc(C)c5n2c1c34. The molecule has 6 aromatic rings. The molecule has 0 N–H and O–H groups in total. The third-order valence-corrected chi connectivity index (χ3v) is 9.57. The first-order valence-corrected chi connectivity index (χ1v) is 15.1. The molecule has 0 radical (unpaired) electrons. The smallest absolute Gasteiger partial charge is 0.224 e. The summed E-state index contributed by atoms with van der Waals surface area (Å²) in [6.45, 7) is 16.5. The molecule has 0 fully saturated rings. The highest BCUT2D eigenvalue weighted by Crippen LogP contribution is 2.42. The lowest BCUT2D eigenvalue weighted by atomic mass is 9.95. The van der Waals surface area contributed by atoms with E-state index in [-0.39, 0.29) is 0 Å². The lowest BCUT2D eigenvalue weighted by Crippen LogP contribution is -2.38. The Balaban J connectivity index is 2.14. The van der Waals surface area contributed by atoms with Crippen LogP contribution < -0.4 is 9.75 Å². The van der Waals surface area contributed by atoms with Gasteiger partial charge in [0.15, 0.2) is 6.20 Å². The third-order valence-electron chi connectivity index (χ3n) is 7.56. The van der Waals surface area contributed by atoms with Crippen molar-refractivity contribution in [2.75, 3.05) is 0 Å². The Morgan fingerprint density at radius 2 is 1.53 bits per heavy atom. The first-order chi connectivity index (χ1) is 15.1. The molecule has 2 nitrogen and oxygen atoms in total. The average Bonchev–Trinajstić information content (AvgIpc) is 3.05. The first kappa shape index (κ1) is 19.7. The van der Waals surface area contributed by atoms with E-state index in [1.165, 1.54) is 71.3 Å². The van der Waals surface area contributed by atoms with E-state index in [9.17, 15) is 0 Å². The number of benzene rings is 3. The summed E-state index contributed by atoms with van der Waals surface area (Å²) in [4.78, 5) is 0. The fraction of sp³-hybridized carbons (Fsp3) is 0.276. The van der Waals surface area contributed by atoms with Gasteiger partial charge in [0.1, 0.15) is 7.05 Å². The van der Waals surface area contributed by atoms with Crippen molar-refractivity contribution in [3.05, 3.63) is 64.8 Å². The van der Waals surface area contributed by atoms with Crippen LogP contribution in [0.3, 0.4) is 0 Å². The molecule has 3 heteroatoms. The minimum atomic E-state index is -1.59. The fourth-order valence-electron chi connectivity index (χ4n) is 5.95. The van der Waals surface area contributed by atoms with E-state index in [2.05, 4.69) is 106 Å². The van der Waals surface area contributed by atoms with Gasteiger partial charge in [-0.3, -0.25) is 0 Å². The molecule has 6 rings (SSSR count). The number of pyridine rings is 2. The molecule has 3 aromatic carbocycles. The molecule has 0 spiro atoms. The molecule has 3 heterocycles. The third kappa shape index (κ3) is 2.32. The van der Waals surface area contributed by atoms with E-state index in [0.717, 1.165) is 0 Å². The molecule has 0 bridgehead atoms. The predicted octanol–water partition coefficient (Wildman–Crippen LogP) is 6.59. The second kappa shape index (κ2) is 6.11. The Bertz CT molecular complexity index is 1750. The molecule has 0 amide bonds. The number of hydrogen-bond acceptors (Lipinski definition) is 0. The van der Waals surface area contributed by atoms with Crippen LogP contribution in [0.2, 0.25) is 19.6 Å². The van der Waals surface area contributed by atoms with Crippen molar-refractivity contribution in [3.63, 3.8) is 0 Å². The highest BCUT2D eigenvalue weighted by molar-refractivity contribution is 6.91. The van der Waals surface area contributed by atoms with E-state index in [1.54, 1.807) is 5.19 Å². The Labute approximate surface area is 190 Å². The minimum Gasteiger partial charge on any atom is -0.307 e.